The lowest BCUT2D eigenvalue weighted by Gasteiger charge is -2.24. The number of nitrogen functional groups attached to an aromatic ring is 1. The lowest BCUT2D eigenvalue weighted by molar-refractivity contribution is 0.0276. The molecule has 92 valence electrons. The van der Waals surface area contributed by atoms with Crippen molar-refractivity contribution in [2.75, 3.05) is 32.5 Å². The van der Waals surface area contributed by atoms with E-state index in [0.29, 0.717) is 17.9 Å². The molecule has 1 aliphatic rings. The van der Waals surface area contributed by atoms with Crippen LogP contribution < -0.4 is 11.1 Å². The van der Waals surface area contributed by atoms with E-state index in [1.54, 1.807) is 12.1 Å². The van der Waals surface area contributed by atoms with E-state index in [-0.39, 0.29) is 12.1 Å². The van der Waals surface area contributed by atoms with E-state index in [0.717, 1.165) is 18.7 Å². The summed E-state index contributed by atoms with van der Waals surface area (Å²) in [5.41, 5.74) is 7.67. The fourth-order valence-electron chi connectivity index (χ4n) is 1.88. The molecule has 0 amide bonds. The first-order valence-electron chi connectivity index (χ1n) is 5.52. The number of carbonyl (C=O) groups is 1. The molecule has 1 fully saturated rings. The standard InChI is InChI=1S/C12H16N2O3/c1-16-12(15)9-4-8(5-10(13)6-9)11-7-14-2-3-17-11/h4-6,11,14H,2-3,7,13H2,1H3. The highest BCUT2D eigenvalue weighted by molar-refractivity contribution is 5.90. The molecule has 1 aromatic carbocycles. The Balaban J connectivity index is 2.27. The summed E-state index contributed by atoms with van der Waals surface area (Å²) in [4.78, 5) is 11.5. The van der Waals surface area contributed by atoms with Crippen LogP contribution in [0.2, 0.25) is 0 Å². The fourth-order valence-corrected chi connectivity index (χ4v) is 1.88. The van der Waals surface area contributed by atoms with Crippen LogP contribution in [0.4, 0.5) is 5.69 Å². The third-order valence-electron chi connectivity index (χ3n) is 2.70. The maximum Gasteiger partial charge on any atom is 0.337 e. The molecule has 3 N–H and O–H groups in total. The van der Waals surface area contributed by atoms with Crippen LogP contribution in [-0.2, 0) is 9.47 Å². The lowest BCUT2D eigenvalue weighted by Crippen LogP contribution is -2.33. The van der Waals surface area contributed by atoms with E-state index in [4.69, 9.17) is 10.5 Å². The molecule has 1 atom stereocenters. The number of methoxy groups -OCH3 is 1. The second kappa shape index (κ2) is 5.16. The van der Waals surface area contributed by atoms with Gasteiger partial charge in [-0.3, -0.25) is 0 Å². The van der Waals surface area contributed by atoms with Crippen molar-refractivity contribution >= 4 is 11.7 Å². The second-order valence-corrected chi connectivity index (χ2v) is 3.94. The smallest absolute Gasteiger partial charge is 0.337 e. The quantitative estimate of drug-likeness (QED) is 0.584. The molecular formula is C12H16N2O3. The lowest BCUT2D eigenvalue weighted by atomic mass is 10.0. The molecule has 2 rings (SSSR count). The summed E-state index contributed by atoms with van der Waals surface area (Å²) in [6, 6.07) is 5.19. The molecule has 5 heteroatoms. The number of rotatable bonds is 2. The third kappa shape index (κ3) is 2.75. The van der Waals surface area contributed by atoms with Crippen molar-refractivity contribution in [2.24, 2.45) is 0 Å². The Morgan fingerprint density at radius 1 is 1.53 bits per heavy atom. The third-order valence-corrected chi connectivity index (χ3v) is 2.70. The van der Waals surface area contributed by atoms with Gasteiger partial charge in [-0.25, -0.2) is 4.79 Å². The average Bonchev–Trinajstić information content (AvgIpc) is 2.38. The highest BCUT2D eigenvalue weighted by atomic mass is 16.5. The van der Waals surface area contributed by atoms with Crippen molar-refractivity contribution in [1.82, 2.24) is 5.32 Å². The van der Waals surface area contributed by atoms with E-state index in [1.807, 2.05) is 6.07 Å². The van der Waals surface area contributed by atoms with Gasteiger partial charge in [-0.1, -0.05) is 0 Å². The minimum absolute atomic E-state index is 0.0596. The summed E-state index contributed by atoms with van der Waals surface area (Å²) in [6.45, 7) is 2.24. The molecule has 1 aromatic rings. The Morgan fingerprint density at radius 3 is 3.00 bits per heavy atom. The summed E-state index contributed by atoms with van der Waals surface area (Å²) in [5, 5.41) is 3.23. The van der Waals surface area contributed by atoms with E-state index in [1.165, 1.54) is 7.11 Å². The van der Waals surface area contributed by atoms with Gasteiger partial charge in [0.2, 0.25) is 0 Å². The molecular weight excluding hydrogens is 220 g/mol. The number of nitrogens with one attached hydrogen (secondary N) is 1. The van der Waals surface area contributed by atoms with Gasteiger partial charge in [0.1, 0.15) is 0 Å². The Labute approximate surface area is 99.9 Å². The number of ether oxygens (including phenoxy) is 2. The number of hydrogen-bond acceptors (Lipinski definition) is 5. The topological polar surface area (TPSA) is 73.6 Å². The van der Waals surface area contributed by atoms with Gasteiger partial charge in [0.05, 0.1) is 25.4 Å². The minimum Gasteiger partial charge on any atom is -0.465 e. The normalized spacial score (nSPS) is 19.9. The predicted octanol–water partition coefficient (Wildman–Crippen LogP) is 0.716. The Bertz CT molecular complexity index is 414. The average molecular weight is 236 g/mol. The number of esters is 1. The summed E-state index contributed by atoms with van der Waals surface area (Å²) in [5.74, 6) is -0.387. The zero-order chi connectivity index (χ0) is 12.3. The highest BCUT2D eigenvalue weighted by Crippen LogP contribution is 2.23. The van der Waals surface area contributed by atoms with Crippen molar-refractivity contribution in [3.8, 4) is 0 Å². The Hall–Kier alpha value is -1.59. The van der Waals surface area contributed by atoms with Crippen molar-refractivity contribution in [2.45, 2.75) is 6.10 Å². The first-order chi connectivity index (χ1) is 8.20. The molecule has 0 radical (unpaired) electrons. The van der Waals surface area contributed by atoms with Crippen LogP contribution in [0.15, 0.2) is 18.2 Å². The molecule has 0 bridgehead atoms. The van der Waals surface area contributed by atoms with Crippen LogP contribution in [0.25, 0.3) is 0 Å². The SMILES string of the molecule is COC(=O)c1cc(N)cc(C2CNCCO2)c1. The van der Waals surface area contributed by atoms with Crippen LogP contribution in [-0.4, -0.2) is 32.8 Å². The monoisotopic (exact) mass is 236 g/mol. The van der Waals surface area contributed by atoms with Gasteiger partial charge in [-0.05, 0) is 23.8 Å². The molecule has 5 nitrogen and oxygen atoms in total. The molecule has 17 heavy (non-hydrogen) atoms. The van der Waals surface area contributed by atoms with Crippen molar-refractivity contribution in [1.29, 1.82) is 0 Å². The van der Waals surface area contributed by atoms with Gasteiger partial charge in [0, 0.05) is 18.8 Å². The highest BCUT2D eigenvalue weighted by Gasteiger charge is 2.18. The number of anilines is 1. The minimum atomic E-state index is -0.387. The van der Waals surface area contributed by atoms with Gasteiger partial charge in [-0.2, -0.15) is 0 Å². The maximum atomic E-state index is 11.5. The second-order valence-electron chi connectivity index (χ2n) is 3.94. The largest absolute Gasteiger partial charge is 0.465 e. The van der Waals surface area contributed by atoms with E-state index in [9.17, 15) is 4.79 Å². The maximum absolute atomic E-state index is 11.5. The number of benzene rings is 1. The van der Waals surface area contributed by atoms with Gasteiger partial charge in [0.25, 0.3) is 0 Å². The fraction of sp³-hybridized carbons (Fsp3) is 0.417. The molecule has 1 unspecified atom stereocenters. The Kier molecular flexibility index (Phi) is 3.61. The van der Waals surface area contributed by atoms with Gasteiger partial charge < -0.3 is 20.5 Å². The molecule has 1 heterocycles. The number of nitrogens with two attached hydrogens (primary N) is 1. The van der Waals surface area contributed by atoms with Crippen LogP contribution in [0, 0.1) is 0 Å². The molecule has 0 aliphatic carbocycles. The van der Waals surface area contributed by atoms with Crippen LogP contribution in [0.5, 0.6) is 0 Å². The summed E-state index contributed by atoms with van der Waals surface area (Å²) < 4.78 is 10.3. The summed E-state index contributed by atoms with van der Waals surface area (Å²) in [7, 11) is 1.35. The zero-order valence-corrected chi connectivity index (χ0v) is 9.73. The molecule has 0 spiro atoms. The van der Waals surface area contributed by atoms with Crippen LogP contribution in [0.3, 0.4) is 0 Å². The first-order valence-corrected chi connectivity index (χ1v) is 5.52. The molecule has 0 saturated carbocycles. The first kappa shape index (κ1) is 11.9. The number of carbonyl (C=O) groups excluding carboxylic acids is 1. The van der Waals surface area contributed by atoms with Crippen LogP contribution in [0.1, 0.15) is 22.0 Å². The molecule has 1 aliphatic heterocycles. The van der Waals surface area contributed by atoms with Gasteiger partial charge in [0.15, 0.2) is 0 Å². The number of morpholine rings is 1. The zero-order valence-electron chi connectivity index (χ0n) is 9.73. The summed E-state index contributed by atoms with van der Waals surface area (Å²) in [6.07, 6.45) is -0.0596. The van der Waals surface area contributed by atoms with Gasteiger partial charge in [-0.15, -0.1) is 0 Å². The number of hydrogen-bond donors (Lipinski definition) is 2. The van der Waals surface area contributed by atoms with Gasteiger partial charge >= 0.3 is 5.97 Å². The summed E-state index contributed by atoms with van der Waals surface area (Å²) >= 11 is 0. The van der Waals surface area contributed by atoms with E-state index < -0.39 is 0 Å². The van der Waals surface area contributed by atoms with Crippen molar-refractivity contribution in [3.05, 3.63) is 29.3 Å². The van der Waals surface area contributed by atoms with Crippen molar-refractivity contribution in [3.63, 3.8) is 0 Å². The molecule has 1 saturated heterocycles. The van der Waals surface area contributed by atoms with E-state index >= 15 is 0 Å². The van der Waals surface area contributed by atoms with Crippen molar-refractivity contribution < 1.29 is 14.3 Å². The Morgan fingerprint density at radius 2 is 2.35 bits per heavy atom. The molecule has 0 aromatic heterocycles. The van der Waals surface area contributed by atoms with Crippen LogP contribution >= 0.6 is 0 Å². The predicted molar refractivity (Wildman–Crippen MR) is 63.8 cm³/mol. The van der Waals surface area contributed by atoms with E-state index in [2.05, 4.69) is 10.1 Å².